The second kappa shape index (κ2) is 7.27. The maximum absolute atomic E-state index is 11.9. The van der Waals surface area contributed by atoms with Crippen molar-refractivity contribution < 1.29 is 19.1 Å². The molecule has 0 atom stereocenters. The standard InChI is InChI=1S/C17H15N3O4S/c1-10-3-5-12-13(7-10)25-17(19-12)20-14(21)9-24-16(22)11-4-6-15(23-2)18-8-11/h3-8H,9H2,1-2H3,(H,19,20,21). The van der Waals surface area contributed by atoms with Crippen molar-refractivity contribution in [3.8, 4) is 5.88 Å². The van der Waals surface area contributed by atoms with Crippen LogP contribution in [0.15, 0.2) is 36.5 Å². The Morgan fingerprint density at radius 1 is 1.24 bits per heavy atom. The monoisotopic (exact) mass is 357 g/mol. The summed E-state index contributed by atoms with van der Waals surface area (Å²) in [6.07, 6.45) is 1.33. The zero-order valence-electron chi connectivity index (χ0n) is 13.6. The van der Waals surface area contributed by atoms with E-state index in [0.717, 1.165) is 15.8 Å². The molecule has 0 unspecified atom stereocenters. The van der Waals surface area contributed by atoms with Crippen LogP contribution in [0.3, 0.4) is 0 Å². The van der Waals surface area contributed by atoms with Crippen LogP contribution < -0.4 is 10.1 Å². The van der Waals surface area contributed by atoms with Crippen LogP contribution in [0.5, 0.6) is 5.88 Å². The van der Waals surface area contributed by atoms with E-state index < -0.39 is 18.5 Å². The Morgan fingerprint density at radius 3 is 2.80 bits per heavy atom. The van der Waals surface area contributed by atoms with Crippen LogP contribution in [0.2, 0.25) is 0 Å². The number of pyridine rings is 1. The van der Waals surface area contributed by atoms with Gasteiger partial charge in [-0.05, 0) is 30.7 Å². The number of methoxy groups -OCH3 is 1. The number of esters is 1. The van der Waals surface area contributed by atoms with Gasteiger partial charge in [0.2, 0.25) is 5.88 Å². The SMILES string of the molecule is COc1ccc(C(=O)OCC(=O)Nc2nc3ccc(C)cc3s2)cn1. The zero-order chi connectivity index (χ0) is 17.8. The number of aromatic nitrogens is 2. The van der Waals surface area contributed by atoms with Gasteiger partial charge < -0.3 is 9.47 Å². The normalized spacial score (nSPS) is 10.5. The molecule has 0 saturated carbocycles. The highest BCUT2D eigenvalue weighted by Crippen LogP contribution is 2.26. The molecule has 0 saturated heterocycles. The number of fused-ring (bicyclic) bond motifs is 1. The molecule has 0 aliphatic carbocycles. The molecule has 128 valence electrons. The Morgan fingerprint density at radius 2 is 2.08 bits per heavy atom. The van der Waals surface area contributed by atoms with E-state index in [9.17, 15) is 9.59 Å². The minimum Gasteiger partial charge on any atom is -0.481 e. The molecule has 3 aromatic rings. The summed E-state index contributed by atoms with van der Waals surface area (Å²) >= 11 is 1.37. The molecule has 7 nitrogen and oxygen atoms in total. The van der Waals surface area contributed by atoms with Gasteiger partial charge in [-0.3, -0.25) is 10.1 Å². The molecule has 0 aliphatic rings. The first-order valence-electron chi connectivity index (χ1n) is 7.39. The minimum absolute atomic E-state index is 0.240. The summed E-state index contributed by atoms with van der Waals surface area (Å²) in [5.74, 6) is -0.698. The summed E-state index contributed by atoms with van der Waals surface area (Å²) in [5, 5.41) is 3.10. The number of carbonyl (C=O) groups excluding carboxylic acids is 2. The fraction of sp³-hybridized carbons (Fsp3) is 0.176. The molecule has 0 fully saturated rings. The number of nitrogens with zero attached hydrogens (tertiary/aromatic N) is 2. The second-order valence-corrected chi connectivity index (χ2v) is 6.23. The number of hydrogen-bond donors (Lipinski definition) is 1. The number of hydrogen-bond acceptors (Lipinski definition) is 7. The lowest BCUT2D eigenvalue weighted by molar-refractivity contribution is -0.119. The van der Waals surface area contributed by atoms with E-state index in [1.54, 1.807) is 6.07 Å². The Hall–Kier alpha value is -3.00. The van der Waals surface area contributed by atoms with Crippen LogP contribution in [0.25, 0.3) is 10.2 Å². The maximum atomic E-state index is 11.9. The van der Waals surface area contributed by atoms with Crippen molar-refractivity contribution in [2.75, 3.05) is 19.0 Å². The number of benzene rings is 1. The average molecular weight is 357 g/mol. The number of nitrogens with one attached hydrogen (secondary N) is 1. The van der Waals surface area contributed by atoms with Gasteiger partial charge in [-0.2, -0.15) is 0 Å². The van der Waals surface area contributed by atoms with E-state index in [0.29, 0.717) is 11.0 Å². The van der Waals surface area contributed by atoms with Gasteiger partial charge in [0.25, 0.3) is 5.91 Å². The lowest BCUT2D eigenvalue weighted by atomic mass is 10.2. The van der Waals surface area contributed by atoms with Crippen molar-refractivity contribution in [2.45, 2.75) is 6.92 Å². The highest BCUT2D eigenvalue weighted by atomic mass is 32.1. The van der Waals surface area contributed by atoms with Gasteiger partial charge >= 0.3 is 5.97 Å². The van der Waals surface area contributed by atoms with Gasteiger partial charge in [0.05, 0.1) is 22.9 Å². The van der Waals surface area contributed by atoms with Crippen molar-refractivity contribution in [1.82, 2.24) is 9.97 Å². The van der Waals surface area contributed by atoms with Crippen molar-refractivity contribution in [3.05, 3.63) is 47.7 Å². The third-order valence-electron chi connectivity index (χ3n) is 3.31. The smallest absolute Gasteiger partial charge is 0.340 e. The Kier molecular flexibility index (Phi) is 4.90. The van der Waals surface area contributed by atoms with E-state index in [2.05, 4.69) is 15.3 Å². The van der Waals surface area contributed by atoms with Crippen LogP contribution in [-0.4, -0.2) is 35.6 Å². The van der Waals surface area contributed by atoms with Crippen LogP contribution in [0.4, 0.5) is 5.13 Å². The molecule has 0 bridgehead atoms. The molecule has 8 heteroatoms. The van der Waals surface area contributed by atoms with Crippen molar-refractivity contribution in [2.24, 2.45) is 0 Å². The summed E-state index contributed by atoms with van der Waals surface area (Å²) in [7, 11) is 1.48. The largest absolute Gasteiger partial charge is 0.481 e. The van der Waals surface area contributed by atoms with Gasteiger partial charge in [-0.1, -0.05) is 17.4 Å². The van der Waals surface area contributed by atoms with Crippen molar-refractivity contribution in [1.29, 1.82) is 0 Å². The summed E-state index contributed by atoms with van der Waals surface area (Å²) in [6.45, 7) is 1.59. The molecular formula is C17H15N3O4S. The highest BCUT2D eigenvalue weighted by molar-refractivity contribution is 7.22. The van der Waals surface area contributed by atoms with Gasteiger partial charge in [0.15, 0.2) is 11.7 Å². The number of thiazole rings is 1. The Balaban J connectivity index is 1.57. The van der Waals surface area contributed by atoms with Crippen LogP contribution in [-0.2, 0) is 9.53 Å². The van der Waals surface area contributed by atoms with Crippen molar-refractivity contribution in [3.63, 3.8) is 0 Å². The van der Waals surface area contributed by atoms with Gasteiger partial charge in [-0.25, -0.2) is 14.8 Å². The summed E-state index contributed by atoms with van der Waals surface area (Å²) < 4.78 is 10.9. The molecule has 0 spiro atoms. The molecular weight excluding hydrogens is 342 g/mol. The third kappa shape index (κ3) is 4.10. The van der Waals surface area contributed by atoms with E-state index in [-0.39, 0.29) is 5.56 Å². The Bertz CT molecular complexity index is 921. The first-order chi connectivity index (χ1) is 12.0. The predicted octanol–water partition coefficient (Wildman–Crippen LogP) is 2.80. The van der Waals surface area contributed by atoms with E-state index in [1.807, 2.05) is 25.1 Å². The lowest BCUT2D eigenvalue weighted by Gasteiger charge is -2.05. The van der Waals surface area contributed by atoms with Crippen LogP contribution in [0, 0.1) is 6.92 Å². The minimum atomic E-state index is -0.634. The predicted molar refractivity (Wildman–Crippen MR) is 94.1 cm³/mol. The summed E-state index contributed by atoms with van der Waals surface area (Å²) in [4.78, 5) is 32.1. The molecule has 25 heavy (non-hydrogen) atoms. The molecule has 1 N–H and O–H groups in total. The second-order valence-electron chi connectivity index (χ2n) is 5.20. The number of anilines is 1. The van der Waals surface area contributed by atoms with Gasteiger partial charge in [-0.15, -0.1) is 0 Å². The number of amides is 1. The molecule has 1 amide bonds. The van der Waals surface area contributed by atoms with Crippen LogP contribution in [0.1, 0.15) is 15.9 Å². The third-order valence-corrected chi connectivity index (χ3v) is 4.24. The fourth-order valence-electron chi connectivity index (χ4n) is 2.08. The Labute approximate surface area is 147 Å². The zero-order valence-corrected chi connectivity index (χ0v) is 14.4. The fourth-order valence-corrected chi connectivity index (χ4v) is 3.06. The van der Waals surface area contributed by atoms with Gasteiger partial charge in [0, 0.05) is 12.3 Å². The van der Waals surface area contributed by atoms with E-state index in [1.165, 1.54) is 30.7 Å². The summed E-state index contributed by atoms with van der Waals surface area (Å²) in [6, 6.07) is 8.91. The molecule has 0 aliphatic heterocycles. The molecule has 2 heterocycles. The average Bonchev–Trinajstić information content (AvgIpc) is 3.01. The first-order valence-corrected chi connectivity index (χ1v) is 8.21. The first kappa shape index (κ1) is 16.8. The molecule has 0 radical (unpaired) electrons. The van der Waals surface area contributed by atoms with E-state index in [4.69, 9.17) is 9.47 Å². The molecule has 2 aromatic heterocycles. The quantitative estimate of drug-likeness (QED) is 0.706. The van der Waals surface area contributed by atoms with Gasteiger partial charge in [0.1, 0.15) is 0 Å². The molecule has 3 rings (SSSR count). The maximum Gasteiger partial charge on any atom is 0.340 e. The topological polar surface area (TPSA) is 90.4 Å². The van der Waals surface area contributed by atoms with Crippen molar-refractivity contribution >= 4 is 38.6 Å². The molecule has 1 aromatic carbocycles. The summed E-state index contributed by atoms with van der Waals surface area (Å²) in [5.41, 5.74) is 2.17. The number of rotatable bonds is 5. The number of carbonyl (C=O) groups is 2. The van der Waals surface area contributed by atoms with E-state index >= 15 is 0 Å². The number of aryl methyl sites for hydroxylation is 1. The highest BCUT2D eigenvalue weighted by Gasteiger charge is 2.13. The number of ether oxygens (including phenoxy) is 2. The van der Waals surface area contributed by atoms with Crippen LogP contribution >= 0.6 is 11.3 Å². The lowest BCUT2D eigenvalue weighted by Crippen LogP contribution is -2.20.